The van der Waals surface area contributed by atoms with Crippen LogP contribution in [-0.4, -0.2) is 46.3 Å². The van der Waals surface area contributed by atoms with Gasteiger partial charge in [0.25, 0.3) is 5.91 Å². The summed E-state index contributed by atoms with van der Waals surface area (Å²) in [6.07, 6.45) is 0. The van der Waals surface area contributed by atoms with Crippen LogP contribution in [0.25, 0.3) is 0 Å². The molecule has 1 aromatic carbocycles. The Morgan fingerprint density at radius 2 is 1.89 bits per heavy atom. The Hall–Kier alpha value is -1.53. The molecule has 6 heteroatoms. The van der Waals surface area contributed by atoms with E-state index in [0.717, 1.165) is 12.1 Å². The molecule has 4 nitrogen and oxygen atoms in total. The van der Waals surface area contributed by atoms with Crippen molar-refractivity contribution >= 4 is 5.91 Å². The summed E-state index contributed by atoms with van der Waals surface area (Å²) in [6, 6.07) is 2.83. The summed E-state index contributed by atoms with van der Waals surface area (Å²) in [4.78, 5) is 13.4. The third-order valence-electron chi connectivity index (χ3n) is 2.85. The molecule has 0 atom stereocenters. The fourth-order valence-electron chi connectivity index (χ4n) is 1.65. The molecule has 0 spiro atoms. The summed E-state index contributed by atoms with van der Waals surface area (Å²) in [5, 5.41) is 18.3. The van der Waals surface area contributed by atoms with E-state index in [2.05, 4.69) is 0 Å². The highest BCUT2D eigenvalue weighted by atomic mass is 19.2. The van der Waals surface area contributed by atoms with E-state index >= 15 is 0 Å². The van der Waals surface area contributed by atoms with Crippen molar-refractivity contribution in [2.75, 3.05) is 19.8 Å². The van der Waals surface area contributed by atoms with Crippen LogP contribution in [0, 0.1) is 11.6 Å². The van der Waals surface area contributed by atoms with Gasteiger partial charge in [0.1, 0.15) is 0 Å². The zero-order chi connectivity index (χ0) is 14.6. The summed E-state index contributed by atoms with van der Waals surface area (Å²) in [5.74, 6) is -2.73. The highest BCUT2D eigenvalue weighted by Gasteiger charge is 2.30. The van der Waals surface area contributed by atoms with Crippen LogP contribution in [0.1, 0.15) is 24.2 Å². The van der Waals surface area contributed by atoms with Gasteiger partial charge in [-0.25, -0.2) is 8.78 Å². The first-order chi connectivity index (χ1) is 8.83. The number of hydrogen-bond donors (Lipinski definition) is 2. The van der Waals surface area contributed by atoms with E-state index < -0.39 is 23.1 Å². The molecule has 0 saturated carbocycles. The van der Waals surface area contributed by atoms with Gasteiger partial charge in [-0.05, 0) is 32.0 Å². The summed E-state index contributed by atoms with van der Waals surface area (Å²) < 4.78 is 26.0. The van der Waals surface area contributed by atoms with E-state index in [1.807, 2.05) is 0 Å². The molecule has 19 heavy (non-hydrogen) atoms. The minimum absolute atomic E-state index is 0.00854. The van der Waals surface area contributed by atoms with Crippen molar-refractivity contribution in [3.05, 3.63) is 35.4 Å². The average molecular weight is 273 g/mol. The zero-order valence-electron chi connectivity index (χ0n) is 10.9. The number of aliphatic hydroxyl groups is 2. The Kier molecular flexibility index (Phi) is 4.97. The van der Waals surface area contributed by atoms with Gasteiger partial charge in [-0.1, -0.05) is 0 Å². The maximum Gasteiger partial charge on any atom is 0.254 e. The van der Waals surface area contributed by atoms with Gasteiger partial charge in [-0.15, -0.1) is 0 Å². The normalized spacial score (nSPS) is 11.5. The first kappa shape index (κ1) is 15.5. The predicted octanol–water partition coefficient (Wildman–Crippen LogP) is 1.17. The van der Waals surface area contributed by atoms with Gasteiger partial charge in [0.05, 0.1) is 18.8 Å². The number of benzene rings is 1. The number of β-amino-alcohol motifs (C(OH)–C–C–N with tert-alkyl or cyclic N) is 1. The third kappa shape index (κ3) is 3.48. The lowest BCUT2D eigenvalue weighted by atomic mass is 10.0. The highest BCUT2D eigenvalue weighted by molar-refractivity contribution is 5.94. The number of halogens is 2. The fourth-order valence-corrected chi connectivity index (χ4v) is 1.65. The van der Waals surface area contributed by atoms with Crippen LogP contribution in [0.4, 0.5) is 8.78 Å². The minimum Gasteiger partial charge on any atom is -0.395 e. The molecular weight excluding hydrogens is 256 g/mol. The molecule has 0 aliphatic rings. The van der Waals surface area contributed by atoms with Gasteiger partial charge in [0, 0.05) is 12.1 Å². The predicted molar refractivity (Wildman–Crippen MR) is 65.6 cm³/mol. The third-order valence-corrected chi connectivity index (χ3v) is 2.85. The smallest absolute Gasteiger partial charge is 0.254 e. The molecule has 0 aliphatic heterocycles. The minimum atomic E-state index is -1.11. The highest BCUT2D eigenvalue weighted by Crippen LogP contribution is 2.18. The van der Waals surface area contributed by atoms with Crippen LogP contribution >= 0.6 is 0 Å². The molecule has 0 aromatic heterocycles. The van der Waals surface area contributed by atoms with Gasteiger partial charge in [0.15, 0.2) is 11.6 Å². The molecule has 1 amide bonds. The topological polar surface area (TPSA) is 60.8 Å². The quantitative estimate of drug-likeness (QED) is 0.846. The second-order valence-electron chi connectivity index (χ2n) is 4.78. The zero-order valence-corrected chi connectivity index (χ0v) is 10.9. The molecule has 0 heterocycles. The lowest BCUT2D eigenvalue weighted by molar-refractivity contribution is 0.0307. The number of amides is 1. The van der Waals surface area contributed by atoms with E-state index in [9.17, 15) is 18.7 Å². The molecule has 2 N–H and O–H groups in total. The molecular formula is C13H17F2NO3. The maximum atomic E-state index is 13.1. The molecule has 0 fully saturated rings. The van der Waals surface area contributed by atoms with Crippen LogP contribution in [0.15, 0.2) is 18.2 Å². The first-order valence-corrected chi connectivity index (χ1v) is 5.82. The number of aliphatic hydroxyl groups excluding tert-OH is 2. The second kappa shape index (κ2) is 6.08. The summed E-state index contributed by atoms with van der Waals surface area (Å²) in [6.45, 7) is 2.60. The van der Waals surface area contributed by atoms with E-state index in [4.69, 9.17) is 5.11 Å². The molecule has 0 aliphatic carbocycles. The standard InChI is InChI=1S/C13H17F2NO3/c1-13(2,8-18)16(5-6-17)12(19)9-3-4-10(14)11(15)7-9/h3-4,7,17-18H,5-6,8H2,1-2H3. The Morgan fingerprint density at radius 3 is 2.37 bits per heavy atom. The molecule has 0 saturated heterocycles. The van der Waals surface area contributed by atoms with Crippen molar-refractivity contribution in [1.29, 1.82) is 0 Å². The first-order valence-electron chi connectivity index (χ1n) is 5.82. The van der Waals surface area contributed by atoms with Crippen LogP contribution in [0.3, 0.4) is 0 Å². The van der Waals surface area contributed by atoms with Gasteiger partial charge in [0.2, 0.25) is 0 Å². The Morgan fingerprint density at radius 1 is 1.26 bits per heavy atom. The van der Waals surface area contributed by atoms with Crippen molar-refractivity contribution in [2.24, 2.45) is 0 Å². The van der Waals surface area contributed by atoms with Crippen LogP contribution in [0.5, 0.6) is 0 Å². The summed E-state index contributed by atoms with van der Waals surface area (Å²) >= 11 is 0. The van der Waals surface area contributed by atoms with Gasteiger partial charge >= 0.3 is 0 Å². The SMILES string of the molecule is CC(C)(CO)N(CCO)C(=O)c1ccc(F)c(F)c1. The van der Waals surface area contributed by atoms with Gasteiger partial charge < -0.3 is 15.1 Å². The average Bonchev–Trinajstić information content (AvgIpc) is 2.38. The van der Waals surface area contributed by atoms with Crippen molar-refractivity contribution in [2.45, 2.75) is 19.4 Å². The van der Waals surface area contributed by atoms with Crippen molar-refractivity contribution in [1.82, 2.24) is 4.90 Å². The Balaban J connectivity index is 3.09. The van der Waals surface area contributed by atoms with E-state index in [-0.39, 0.29) is 25.3 Å². The lowest BCUT2D eigenvalue weighted by Crippen LogP contribution is -2.51. The van der Waals surface area contributed by atoms with Crippen molar-refractivity contribution in [3.8, 4) is 0 Å². The maximum absolute atomic E-state index is 13.1. The second-order valence-corrected chi connectivity index (χ2v) is 4.78. The summed E-state index contributed by atoms with van der Waals surface area (Å²) in [5.41, 5.74) is -0.945. The van der Waals surface area contributed by atoms with E-state index in [1.165, 1.54) is 11.0 Å². The molecule has 1 aromatic rings. The van der Waals surface area contributed by atoms with Crippen LogP contribution in [-0.2, 0) is 0 Å². The van der Waals surface area contributed by atoms with Gasteiger partial charge in [-0.2, -0.15) is 0 Å². The van der Waals surface area contributed by atoms with Crippen LogP contribution in [0.2, 0.25) is 0 Å². The van der Waals surface area contributed by atoms with E-state index in [1.54, 1.807) is 13.8 Å². The molecule has 0 unspecified atom stereocenters. The fraction of sp³-hybridized carbons (Fsp3) is 0.462. The molecule has 0 bridgehead atoms. The largest absolute Gasteiger partial charge is 0.395 e. The van der Waals surface area contributed by atoms with Crippen molar-refractivity contribution < 1.29 is 23.8 Å². The number of carbonyl (C=O) groups excluding carboxylic acids is 1. The Bertz CT molecular complexity index is 463. The molecule has 0 radical (unpaired) electrons. The Labute approximate surface area is 110 Å². The number of rotatable bonds is 5. The molecule has 1 rings (SSSR count). The monoisotopic (exact) mass is 273 g/mol. The number of hydrogen-bond acceptors (Lipinski definition) is 3. The number of nitrogens with zero attached hydrogens (tertiary/aromatic N) is 1. The van der Waals surface area contributed by atoms with Crippen molar-refractivity contribution in [3.63, 3.8) is 0 Å². The lowest BCUT2D eigenvalue weighted by Gasteiger charge is -2.37. The van der Waals surface area contributed by atoms with Gasteiger partial charge in [-0.3, -0.25) is 4.79 Å². The van der Waals surface area contributed by atoms with Crippen LogP contribution < -0.4 is 0 Å². The summed E-state index contributed by atoms with van der Waals surface area (Å²) in [7, 11) is 0. The molecule has 106 valence electrons. The van der Waals surface area contributed by atoms with E-state index in [0.29, 0.717) is 0 Å². The number of carbonyl (C=O) groups is 1.